The van der Waals surface area contributed by atoms with Crippen LogP contribution < -0.4 is 16.0 Å². The van der Waals surface area contributed by atoms with Crippen LogP contribution in [-0.2, 0) is 16.0 Å². The highest BCUT2D eigenvalue weighted by Crippen LogP contribution is 2.13. The van der Waals surface area contributed by atoms with Gasteiger partial charge in [0, 0.05) is 37.9 Å². The number of anilines is 1. The minimum absolute atomic E-state index is 0.269. The fourth-order valence-electron chi connectivity index (χ4n) is 3.15. The van der Waals surface area contributed by atoms with Gasteiger partial charge in [0.25, 0.3) is 5.91 Å². The Balaban J connectivity index is 1.38. The summed E-state index contributed by atoms with van der Waals surface area (Å²) in [6.45, 7) is 7.38. The lowest BCUT2D eigenvalue weighted by Gasteiger charge is -2.12. The molecule has 1 atom stereocenters. The molecule has 0 saturated carbocycles. The first kappa shape index (κ1) is 22.8. The Morgan fingerprint density at radius 1 is 1.23 bits per heavy atom. The van der Waals surface area contributed by atoms with E-state index in [1.165, 1.54) is 6.26 Å². The molecule has 2 heterocycles. The van der Waals surface area contributed by atoms with Crippen LogP contribution in [0, 0.1) is 5.92 Å². The standard InChI is InChI=1S/C23H32N4O4/c1-2-24-23(25-11-4-12-29-16-19-10-14-30-17-19)26-15-18-6-8-20(9-7-18)27-22(28)21-5-3-13-31-21/h3,5-9,13,19H,2,4,10-12,14-17H2,1H3,(H,27,28)(H2,24,25,26). The van der Waals surface area contributed by atoms with Gasteiger partial charge in [-0.1, -0.05) is 12.1 Å². The summed E-state index contributed by atoms with van der Waals surface area (Å²) in [5.74, 6) is 1.35. The SMILES string of the molecule is CCNC(=NCc1ccc(NC(=O)c2ccco2)cc1)NCCCOCC1CCOC1. The van der Waals surface area contributed by atoms with Crippen molar-refractivity contribution in [1.29, 1.82) is 0 Å². The lowest BCUT2D eigenvalue weighted by molar-refractivity contribution is 0.0888. The van der Waals surface area contributed by atoms with Crippen molar-refractivity contribution in [3.05, 3.63) is 54.0 Å². The Kier molecular flexibility index (Phi) is 9.40. The smallest absolute Gasteiger partial charge is 0.291 e. The number of rotatable bonds is 11. The van der Waals surface area contributed by atoms with Crippen molar-refractivity contribution >= 4 is 17.6 Å². The van der Waals surface area contributed by atoms with E-state index in [0.29, 0.717) is 18.2 Å². The van der Waals surface area contributed by atoms with E-state index in [9.17, 15) is 4.79 Å². The molecule has 1 saturated heterocycles. The maximum Gasteiger partial charge on any atom is 0.291 e. The topological polar surface area (TPSA) is 97.1 Å². The Hall–Kier alpha value is -2.84. The number of guanidine groups is 1. The van der Waals surface area contributed by atoms with Crippen LogP contribution in [0.15, 0.2) is 52.1 Å². The lowest BCUT2D eigenvalue weighted by Crippen LogP contribution is -2.38. The zero-order chi connectivity index (χ0) is 21.7. The third-order valence-corrected chi connectivity index (χ3v) is 4.86. The van der Waals surface area contributed by atoms with Crippen molar-refractivity contribution in [2.45, 2.75) is 26.3 Å². The number of nitrogens with zero attached hydrogens (tertiary/aromatic N) is 1. The van der Waals surface area contributed by atoms with Gasteiger partial charge in [-0.05, 0) is 49.6 Å². The molecule has 0 spiro atoms. The number of hydrogen-bond donors (Lipinski definition) is 3. The quantitative estimate of drug-likeness (QED) is 0.289. The molecule has 1 aliphatic rings. The van der Waals surface area contributed by atoms with Crippen LogP contribution in [0.25, 0.3) is 0 Å². The molecule has 1 aliphatic heterocycles. The highest BCUT2D eigenvalue weighted by atomic mass is 16.5. The number of furan rings is 1. The summed E-state index contributed by atoms with van der Waals surface area (Å²) >= 11 is 0. The summed E-state index contributed by atoms with van der Waals surface area (Å²) in [5, 5.41) is 9.40. The van der Waals surface area contributed by atoms with Crippen molar-refractivity contribution in [1.82, 2.24) is 10.6 Å². The Morgan fingerprint density at radius 2 is 2.10 bits per heavy atom. The van der Waals surface area contributed by atoms with Crippen LogP contribution in [0.2, 0.25) is 0 Å². The molecule has 168 valence electrons. The maximum atomic E-state index is 12.0. The number of ether oxygens (including phenoxy) is 2. The highest BCUT2D eigenvalue weighted by Gasteiger charge is 2.15. The number of hydrogen-bond acceptors (Lipinski definition) is 5. The van der Waals surface area contributed by atoms with E-state index in [2.05, 4.69) is 20.9 Å². The van der Waals surface area contributed by atoms with Crippen molar-refractivity contribution in [2.75, 3.05) is 44.8 Å². The fraction of sp³-hybridized carbons (Fsp3) is 0.478. The second kappa shape index (κ2) is 12.8. The molecule has 8 heteroatoms. The van der Waals surface area contributed by atoms with Crippen molar-refractivity contribution in [3.63, 3.8) is 0 Å². The fourth-order valence-corrected chi connectivity index (χ4v) is 3.15. The van der Waals surface area contributed by atoms with Crippen molar-refractivity contribution in [3.8, 4) is 0 Å². The minimum Gasteiger partial charge on any atom is -0.459 e. The lowest BCUT2D eigenvalue weighted by atomic mass is 10.1. The number of aliphatic imine (C=N–C) groups is 1. The van der Waals surface area contributed by atoms with Gasteiger partial charge in [0.1, 0.15) is 0 Å². The molecule has 0 bridgehead atoms. The number of benzene rings is 1. The summed E-state index contributed by atoms with van der Waals surface area (Å²) in [6.07, 6.45) is 3.50. The number of amides is 1. The number of carbonyl (C=O) groups is 1. The Labute approximate surface area is 183 Å². The molecule has 0 aliphatic carbocycles. The molecule has 1 amide bonds. The maximum absolute atomic E-state index is 12.0. The molecule has 31 heavy (non-hydrogen) atoms. The van der Waals surface area contributed by atoms with E-state index in [0.717, 1.165) is 63.9 Å². The van der Waals surface area contributed by atoms with Crippen LogP contribution in [0.5, 0.6) is 0 Å². The predicted molar refractivity (Wildman–Crippen MR) is 120 cm³/mol. The first-order valence-corrected chi connectivity index (χ1v) is 10.9. The third-order valence-electron chi connectivity index (χ3n) is 4.86. The van der Waals surface area contributed by atoms with E-state index >= 15 is 0 Å². The molecule has 1 unspecified atom stereocenters. The van der Waals surface area contributed by atoms with Crippen LogP contribution in [0.1, 0.15) is 35.9 Å². The normalized spacial score (nSPS) is 16.3. The second-order valence-electron chi connectivity index (χ2n) is 7.41. The molecule has 1 fully saturated rings. The van der Waals surface area contributed by atoms with E-state index in [1.807, 2.05) is 31.2 Å². The first-order chi connectivity index (χ1) is 15.2. The molecular formula is C23H32N4O4. The summed E-state index contributed by atoms with van der Waals surface area (Å²) < 4.78 is 16.2. The van der Waals surface area contributed by atoms with E-state index in [4.69, 9.17) is 13.9 Å². The van der Waals surface area contributed by atoms with Crippen molar-refractivity contribution in [2.24, 2.45) is 10.9 Å². The molecule has 3 rings (SSSR count). The summed E-state index contributed by atoms with van der Waals surface area (Å²) in [7, 11) is 0. The summed E-state index contributed by atoms with van der Waals surface area (Å²) in [6, 6.07) is 10.9. The molecule has 0 radical (unpaired) electrons. The summed E-state index contributed by atoms with van der Waals surface area (Å²) in [4.78, 5) is 16.7. The zero-order valence-corrected chi connectivity index (χ0v) is 18.1. The van der Waals surface area contributed by atoms with Crippen LogP contribution in [0.3, 0.4) is 0 Å². The Bertz CT molecular complexity index is 799. The average Bonchev–Trinajstić information content (AvgIpc) is 3.50. The molecule has 3 N–H and O–H groups in total. The van der Waals surface area contributed by atoms with Crippen LogP contribution >= 0.6 is 0 Å². The van der Waals surface area contributed by atoms with Gasteiger partial charge in [-0.3, -0.25) is 4.79 Å². The molecule has 1 aromatic carbocycles. The first-order valence-electron chi connectivity index (χ1n) is 10.9. The molecule has 2 aromatic rings. The van der Waals surface area contributed by atoms with E-state index < -0.39 is 0 Å². The average molecular weight is 429 g/mol. The van der Waals surface area contributed by atoms with Crippen LogP contribution in [0.4, 0.5) is 5.69 Å². The summed E-state index contributed by atoms with van der Waals surface area (Å²) in [5.41, 5.74) is 1.76. The monoisotopic (exact) mass is 428 g/mol. The van der Waals surface area contributed by atoms with Gasteiger partial charge in [0.15, 0.2) is 11.7 Å². The van der Waals surface area contributed by atoms with Gasteiger partial charge in [-0.2, -0.15) is 0 Å². The largest absolute Gasteiger partial charge is 0.459 e. The molecule has 8 nitrogen and oxygen atoms in total. The van der Waals surface area contributed by atoms with Gasteiger partial charge < -0.3 is 29.8 Å². The number of nitrogens with one attached hydrogen (secondary N) is 3. The minimum atomic E-state index is -0.269. The van der Waals surface area contributed by atoms with E-state index in [1.54, 1.807) is 12.1 Å². The van der Waals surface area contributed by atoms with Crippen molar-refractivity contribution < 1.29 is 18.7 Å². The van der Waals surface area contributed by atoms with E-state index in [-0.39, 0.29) is 11.7 Å². The van der Waals surface area contributed by atoms with Gasteiger partial charge in [-0.15, -0.1) is 0 Å². The molecule has 1 aromatic heterocycles. The van der Waals surface area contributed by atoms with Gasteiger partial charge in [0.05, 0.1) is 26.0 Å². The second-order valence-corrected chi connectivity index (χ2v) is 7.41. The third kappa shape index (κ3) is 8.07. The highest BCUT2D eigenvalue weighted by molar-refractivity contribution is 6.02. The molecular weight excluding hydrogens is 396 g/mol. The predicted octanol–water partition coefficient (Wildman–Crippen LogP) is 3.03. The Morgan fingerprint density at radius 3 is 2.81 bits per heavy atom. The van der Waals surface area contributed by atoms with Gasteiger partial charge in [-0.25, -0.2) is 4.99 Å². The van der Waals surface area contributed by atoms with Crippen LogP contribution in [-0.4, -0.2) is 51.4 Å². The zero-order valence-electron chi connectivity index (χ0n) is 18.1. The number of carbonyl (C=O) groups excluding carboxylic acids is 1. The van der Waals surface area contributed by atoms with Gasteiger partial charge in [0.2, 0.25) is 0 Å². The van der Waals surface area contributed by atoms with Gasteiger partial charge >= 0.3 is 0 Å².